The zero-order valence-corrected chi connectivity index (χ0v) is 17.8. The van der Waals surface area contributed by atoms with Crippen LogP contribution in [0.25, 0.3) is 0 Å². The highest BCUT2D eigenvalue weighted by Crippen LogP contribution is 2.36. The number of fused-ring (bicyclic) bond motifs is 2. The highest BCUT2D eigenvalue weighted by molar-refractivity contribution is 7.14. The van der Waals surface area contributed by atoms with Gasteiger partial charge in [-0.25, -0.2) is 0 Å². The van der Waals surface area contributed by atoms with Crippen molar-refractivity contribution in [2.45, 2.75) is 38.2 Å². The second-order valence-electron chi connectivity index (χ2n) is 8.05. The Morgan fingerprint density at radius 3 is 2.70 bits per heavy atom. The number of carbonyl (C=O) groups is 2. The Bertz CT molecular complexity index is 927. The molecule has 1 aromatic heterocycles. The Labute approximate surface area is 180 Å². The zero-order chi connectivity index (χ0) is 20.5. The summed E-state index contributed by atoms with van der Waals surface area (Å²) in [7, 11) is 0. The fourth-order valence-corrected chi connectivity index (χ4v) is 5.65. The fraction of sp³-hybridized carbons (Fsp3) is 0.478. The first-order valence-corrected chi connectivity index (χ1v) is 11.6. The van der Waals surface area contributed by atoms with Crippen molar-refractivity contribution in [1.82, 2.24) is 4.90 Å². The monoisotopic (exact) mass is 426 g/mol. The van der Waals surface area contributed by atoms with Gasteiger partial charge < -0.3 is 14.4 Å². The smallest absolute Gasteiger partial charge is 0.268 e. The highest BCUT2D eigenvalue weighted by Gasteiger charge is 2.37. The van der Waals surface area contributed by atoms with Crippen LogP contribution in [0.1, 0.15) is 39.4 Å². The quantitative estimate of drug-likeness (QED) is 0.692. The SMILES string of the molecule is O=C(C1CN(C(=O)c2cc3c(s2)CCCCC3)c2ccccc2O1)N1CCOCC1. The second kappa shape index (κ2) is 8.40. The normalized spacial score (nSPS) is 21.3. The number of ether oxygens (including phenoxy) is 2. The van der Waals surface area contributed by atoms with Crippen molar-refractivity contribution in [3.05, 3.63) is 45.6 Å². The summed E-state index contributed by atoms with van der Waals surface area (Å²) >= 11 is 1.62. The molecule has 3 aliphatic rings. The molecule has 1 aliphatic carbocycles. The molecule has 1 unspecified atom stereocenters. The van der Waals surface area contributed by atoms with Crippen LogP contribution in [0.5, 0.6) is 5.75 Å². The molecule has 0 N–H and O–H groups in total. The molecule has 1 saturated heterocycles. The van der Waals surface area contributed by atoms with Crippen LogP contribution in [0, 0.1) is 0 Å². The Morgan fingerprint density at radius 1 is 1.03 bits per heavy atom. The predicted octanol–water partition coefficient (Wildman–Crippen LogP) is 3.28. The summed E-state index contributed by atoms with van der Waals surface area (Å²) in [6.45, 7) is 2.43. The molecule has 2 aliphatic heterocycles. The van der Waals surface area contributed by atoms with Crippen LogP contribution in [0.15, 0.2) is 30.3 Å². The van der Waals surface area contributed by atoms with E-state index in [-0.39, 0.29) is 18.4 Å². The number of rotatable bonds is 2. The number of carbonyl (C=O) groups excluding carboxylic acids is 2. The van der Waals surface area contributed by atoms with Crippen LogP contribution in [-0.4, -0.2) is 55.7 Å². The van der Waals surface area contributed by atoms with Gasteiger partial charge in [0.25, 0.3) is 11.8 Å². The summed E-state index contributed by atoms with van der Waals surface area (Å²) in [6, 6.07) is 9.57. The molecule has 0 bridgehead atoms. The van der Waals surface area contributed by atoms with E-state index in [0.717, 1.165) is 23.4 Å². The minimum atomic E-state index is -0.695. The van der Waals surface area contributed by atoms with Crippen molar-refractivity contribution >= 4 is 28.8 Å². The first-order valence-electron chi connectivity index (χ1n) is 10.8. The number of amides is 2. The Hall–Kier alpha value is -2.38. The summed E-state index contributed by atoms with van der Waals surface area (Å²) in [6.07, 6.45) is 5.06. The van der Waals surface area contributed by atoms with Gasteiger partial charge in [0.2, 0.25) is 0 Å². The van der Waals surface area contributed by atoms with Crippen molar-refractivity contribution < 1.29 is 19.1 Å². The topological polar surface area (TPSA) is 59.1 Å². The number of anilines is 1. The second-order valence-corrected chi connectivity index (χ2v) is 9.18. The first-order chi connectivity index (χ1) is 14.7. The van der Waals surface area contributed by atoms with Gasteiger partial charge in [-0.05, 0) is 49.4 Å². The Balaban J connectivity index is 1.43. The van der Waals surface area contributed by atoms with Crippen LogP contribution in [0.3, 0.4) is 0 Å². The molecule has 2 amide bonds. The van der Waals surface area contributed by atoms with Crippen molar-refractivity contribution in [3.63, 3.8) is 0 Å². The molecule has 30 heavy (non-hydrogen) atoms. The number of hydrogen-bond donors (Lipinski definition) is 0. The van der Waals surface area contributed by atoms with Crippen molar-refractivity contribution in [3.8, 4) is 5.75 Å². The van der Waals surface area contributed by atoms with E-state index in [1.807, 2.05) is 24.3 Å². The standard InChI is InChI=1S/C23H26N2O4S/c26-22(24-10-12-28-13-11-24)19-15-25(17-7-4-5-8-18(17)29-19)23(27)21-14-16-6-2-1-3-9-20(16)30-21/h4-5,7-8,14,19H,1-3,6,9-13,15H2. The lowest BCUT2D eigenvalue weighted by atomic mass is 10.1. The van der Waals surface area contributed by atoms with Crippen molar-refractivity contribution in [1.29, 1.82) is 0 Å². The third kappa shape index (κ3) is 3.72. The molecule has 158 valence electrons. The van der Waals surface area contributed by atoms with Gasteiger partial charge in [-0.2, -0.15) is 0 Å². The Morgan fingerprint density at radius 2 is 1.83 bits per heavy atom. The van der Waals surface area contributed by atoms with Gasteiger partial charge in [0, 0.05) is 18.0 Å². The van der Waals surface area contributed by atoms with Gasteiger partial charge in [-0.1, -0.05) is 18.6 Å². The number of nitrogens with zero attached hydrogens (tertiary/aromatic N) is 2. The van der Waals surface area contributed by atoms with Crippen LogP contribution in [0.2, 0.25) is 0 Å². The summed E-state index contributed by atoms with van der Waals surface area (Å²) in [5.74, 6) is 0.470. The minimum absolute atomic E-state index is 0.0383. The molecule has 0 radical (unpaired) electrons. The molecular formula is C23H26N2O4S. The number of para-hydroxylation sites is 2. The number of hydrogen-bond acceptors (Lipinski definition) is 5. The van der Waals surface area contributed by atoms with Gasteiger partial charge in [0.1, 0.15) is 5.75 Å². The minimum Gasteiger partial charge on any atom is -0.476 e. The van der Waals surface area contributed by atoms with E-state index in [1.54, 1.807) is 21.1 Å². The van der Waals surface area contributed by atoms with Crippen LogP contribution in [-0.2, 0) is 22.4 Å². The van der Waals surface area contributed by atoms with E-state index in [2.05, 4.69) is 6.07 Å². The van der Waals surface area contributed by atoms with E-state index in [1.165, 1.54) is 29.7 Å². The third-order valence-corrected chi connectivity index (χ3v) is 7.30. The largest absolute Gasteiger partial charge is 0.476 e. The average Bonchev–Trinajstić information content (AvgIpc) is 3.08. The summed E-state index contributed by atoms with van der Waals surface area (Å²) < 4.78 is 11.4. The van der Waals surface area contributed by atoms with Gasteiger partial charge in [0.05, 0.1) is 30.3 Å². The number of aryl methyl sites for hydroxylation is 2. The maximum absolute atomic E-state index is 13.5. The maximum Gasteiger partial charge on any atom is 0.268 e. The summed E-state index contributed by atoms with van der Waals surface area (Å²) in [5, 5.41) is 0. The van der Waals surface area contributed by atoms with E-state index in [9.17, 15) is 9.59 Å². The third-order valence-electron chi connectivity index (χ3n) is 6.07. The van der Waals surface area contributed by atoms with E-state index >= 15 is 0 Å². The highest BCUT2D eigenvalue weighted by atomic mass is 32.1. The molecule has 5 rings (SSSR count). The maximum atomic E-state index is 13.5. The molecule has 6 nitrogen and oxygen atoms in total. The average molecular weight is 427 g/mol. The predicted molar refractivity (Wildman–Crippen MR) is 116 cm³/mol. The number of thiophene rings is 1. The summed E-state index contributed by atoms with van der Waals surface area (Å²) in [4.78, 5) is 32.2. The summed E-state index contributed by atoms with van der Waals surface area (Å²) in [5.41, 5.74) is 2.06. The molecule has 0 spiro atoms. The molecule has 1 atom stereocenters. The molecule has 2 aromatic rings. The van der Waals surface area contributed by atoms with E-state index in [0.29, 0.717) is 32.1 Å². The lowest BCUT2D eigenvalue weighted by Crippen LogP contribution is -2.54. The lowest BCUT2D eigenvalue weighted by Gasteiger charge is -2.37. The van der Waals surface area contributed by atoms with Crippen LogP contribution in [0.4, 0.5) is 5.69 Å². The van der Waals surface area contributed by atoms with Gasteiger partial charge in [-0.3, -0.25) is 14.5 Å². The fourth-order valence-electron chi connectivity index (χ4n) is 4.45. The van der Waals surface area contributed by atoms with Crippen molar-refractivity contribution in [2.24, 2.45) is 0 Å². The Kier molecular flexibility index (Phi) is 5.48. The van der Waals surface area contributed by atoms with Crippen LogP contribution < -0.4 is 9.64 Å². The molecule has 1 aromatic carbocycles. The number of morpholine rings is 1. The van der Waals surface area contributed by atoms with E-state index < -0.39 is 6.10 Å². The molecule has 0 saturated carbocycles. The molecule has 3 heterocycles. The molecule has 7 heteroatoms. The number of benzene rings is 1. The molecule has 1 fully saturated rings. The molecular weight excluding hydrogens is 400 g/mol. The van der Waals surface area contributed by atoms with Crippen LogP contribution >= 0.6 is 11.3 Å². The van der Waals surface area contributed by atoms with E-state index in [4.69, 9.17) is 9.47 Å². The van der Waals surface area contributed by atoms with Gasteiger partial charge in [-0.15, -0.1) is 11.3 Å². The van der Waals surface area contributed by atoms with Gasteiger partial charge in [0.15, 0.2) is 6.10 Å². The first kappa shape index (κ1) is 19.6. The lowest BCUT2D eigenvalue weighted by molar-refractivity contribution is -0.142. The van der Waals surface area contributed by atoms with Gasteiger partial charge >= 0.3 is 0 Å². The zero-order valence-electron chi connectivity index (χ0n) is 17.0. The van der Waals surface area contributed by atoms with Crippen molar-refractivity contribution in [2.75, 3.05) is 37.7 Å².